The number of thiazole rings is 1. The van der Waals surface area contributed by atoms with Gasteiger partial charge in [0.15, 0.2) is 0 Å². The van der Waals surface area contributed by atoms with E-state index in [-0.39, 0.29) is 0 Å². The van der Waals surface area contributed by atoms with Gasteiger partial charge in [-0.05, 0) is 19.2 Å². The van der Waals surface area contributed by atoms with Crippen LogP contribution in [0.2, 0.25) is 0 Å². The molecule has 0 saturated heterocycles. The molecule has 0 bridgehead atoms. The van der Waals surface area contributed by atoms with Gasteiger partial charge >= 0.3 is 0 Å². The van der Waals surface area contributed by atoms with E-state index in [0.717, 1.165) is 29.2 Å². The Hall–Kier alpha value is -1.70. The van der Waals surface area contributed by atoms with Crippen LogP contribution in [0.4, 0.5) is 0 Å². The third-order valence-corrected chi connectivity index (χ3v) is 3.36. The zero-order chi connectivity index (χ0) is 12.1. The molecular formula is C13H13N3S. The summed E-state index contributed by atoms with van der Waals surface area (Å²) in [4.78, 5) is 4.57. The molecule has 0 aliphatic carbocycles. The minimum absolute atomic E-state index is 0.680. The standard InChI is InChI=1S/C13H13N3S/c1-15-7-6-13-16-12(9-17-13)11-4-2-10(8-14)3-5-11/h2-5,9,15H,6-7H2,1H3. The highest BCUT2D eigenvalue weighted by molar-refractivity contribution is 7.09. The summed E-state index contributed by atoms with van der Waals surface area (Å²) in [6.45, 7) is 0.945. The van der Waals surface area contributed by atoms with Crippen molar-refractivity contribution in [2.75, 3.05) is 13.6 Å². The number of aromatic nitrogens is 1. The van der Waals surface area contributed by atoms with E-state index >= 15 is 0 Å². The maximum absolute atomic E-state index is 8.73. The summed E-state index contributed by atoms with van der Waals surface area (Å²) in [5.41, 5.74) is 2.74. The largest absolute Gasteiger partial charge is 0.319 e. The zero-order valence-electron chi connectivity index (χ0n) is 9.60. The number of rotatable bonds is 4. The van der Waals surface area contributed by atoms with Gasteiger partial charge in [-0.2, -0.15) is 5.26 Å². The summed E-state index contributed by atoms with van der Waals surface area (Å²) in [5.74, 6) is 0. The predicted octanol–water partition coefficient (Wildman–Crippen LogP) is 2.44. The monoisotopic (exact) mass is 243 g/mol. The average molecular weight is 243 g/mol. The van der Waals surface area contributed by atoms with E-state index in [2.05, 4.69) is 21.8 Å². The maximum Gasteiger partial charge on any atom is 0.0991 e. The normalized spacial score (nSPS) is 10.1. The van der Waals surface area contributed by atoms with Crippen LogP contribution in [-0.2, 0) is 6.42 Å². The van der Waals surface area contributed by atoms with Gasteiger partial charge in [-0.3, -0.25) is 0 Å². The minimum atomic E-state index is 0.680. The van der Waals surface area contributed by atoms with E-state index in [9.17, 15) is 0 Å². The lowest BCUT2D eigenvalue weighted by atomic mass is 10.1. The van der Waals surface area contributed by atoms with Gasteiger partial charge in [0, 0.05) is 23.9 Å². The smallest absolute Gasteiger partial charge is 0.0991 e. The fourth-order valence-electron chi connectivity index (χ4n) is 1.51. The number of hydrogen-bond donors (Lipinski definition) is 1. The maximum atomic E-state index is 8.73. The van der Waals surface area contributed by atoms with Gasteiger partial charge < -0.3 is 5.32 Å². The summed E-state index contributed by atoms with van der Waals surface area (Å²) in [6, 6.07) is 9.64. The van der Waals surface area contributed by atoms with Crippen LogP contribution in [0.25, 0.3) is 11.3 Å². The summed E-state index contributed by atoms with van der Waals surface area (Å²) in [7, 11) is 1.94. The van der Waals surface area contributed by atoms with Gasteiger partial charge in [0.1, 0.15) is 0 Å². The molecule has 2 aromatic rings. The molecule has 0 amide bonds. The lowest BCUT2D eigenvalue weighted by molar-refractivity contribution is 0.788. The van der Waals surface area contributed by atoms with Gasteiger partial charge in [-0.1, -0.05) is 12.1 Å². The second-order valence-electron chi connectivity index (χ2n) is 3.67. The first-order valence-electron chi connectivity index (χ1n) is 5.43. The van der Waals surface area contributed by atoms with Crippen molar-refractivity contribution >= 4 is 11.3 Å². The molecule has 0 saturated carbocycles. The molecule has 86 valence electrons. The highest BCUT2D eigenvalue weighted by Crippen LogP contribution is 2.22. The van der Waals surface area contributed by atoms with Crippen LogP contribution in [0.1, 0.15) is 10.6 Å². The molecule has 0 fully saturated rings. The molecule has 0 unspecified atom stereocenters. The number of likely N-dealkylation sites (N-methyl/N-ethyl adjacent to an activating group) is 1. The first-order valence-corrected chi connectivity index (χ1v) is 6.31. The lowest BCUT2D eigenvalue weighted by Crippen LogP contribution is -2.09. The van der Waals surface area contributed by atoms with Gasteiger partial charge in [0.2, 0.25) is 0 Å². The van der Waals surface area contributed by atoms with Crippen molar-refractivity contribution in [3.8, 4) is 17.3 Å². The fourth-order valence-corrected chi connectivity index (χ4v) is 2.31. The van der Waals surface area contributed by atoms with Gasteiger partial charge in [0.25, 0.3) is 0 Å². The number of benzene rings is 1. The Balaban J connectivity index is 2.16. The Morgan fingerprint density at radius 2 is 2.12 bits per heavy atom. The third-order valence-electron chi connectivity index (χ3n) is 2.45. The molecule has 1 aromatic carbocycles. The first kappa shape index (κ1) is 11.8. The molecule has 0 atom stereocenters. The molecule has 1 aromatic heterocycles. The molecule has 3 nitrogen and oxygen atoms in total. The molecule has 17 heavy (non-hydrogen) atoms. The zero-order valence-corrected chi connectivity index (χ0v) is 10.4. The van der Waals surface area contributed by atoms with Crippen molar-refractivity contribution in [1.82, 2.24) is 10.3 Å². The average Bonchev–Trinajstić information content (AvgIpc) is 2.85. The Kier molecular flexibility index (Phi) is 3.86. The number of nitrogens with one attached hydrogen (secondary N) is 1. The highest BCUT2D eigenvalue weighted by atomic mass is 32.1. The summed E-state index contributed by atoms with van der Waals surface area (Å²) < 4.78 is 0. The van der Waals surface area contributed by atoms with Crippen molar-refractivity contribution in [3.63, 3.8) is 0 Å². The van der Waals surface area contributed by atoms with Gasteiger partial charge in [-0.25, -0.2) is 4.98 Å². The molecule has 0 aliphatic heterocycles. The summed E-state index contributed by atoms with van der Waals surface area (Å²) in [5, 5.41) is 15.0. The van der Waals surface area contributed by atoms with Crippen molar-refractivity contribution < 1.29 is 0 Å². The van der Waals surface area contributed by atoms with Crippen LogP contribution in [0.5, 0.6) is 0 Å². The molecule has 4 heteroatoms. The van der Waals surface area contributed by atoms with Crippen molar-refractivity contribution in [2.45, 2.75) is 6.42 Å². The topological polar surface area (TPSA) is 48.7 Å². The van der Waals surface area contributed by atoms with Gasteiger partial charge in [-0.15, -0.1) is 11.3 Å². The van der Waals surface area contributed by atoms with Crippen LogP contribution in [-0.4, -0.2) is 18.6 Å². The van der Waals surface area contributed by atoms with E-state index in [1.165, 1.54) is 0 Å². The van der Waals surface area contributed by atoms with Crippen molar-refractivity contribution in [3.05, 3.63) is 40.2 Å². The van der Waals surface area contributed by atoms with E-state index in [4.69, 9.17) is 5.26 Å². The van der Waals surface area contributed by atoms with Crippen molar-refractivity contribution in [2.24, 2.45) is 0 Å². The molecule has 0 aliphatic rings. The van der Waals surface area contributed by atoms with Crippen molar-refractivity contribution in [1.29, 1.82) is 5.26 Å². The number of nitriles is 1. The van der Waals surface area contributed by atoms with Crippen LogP contribution in [0.3, 0.4) is 0 Å². The fraction of sp³-hybridized carbons (Fsp3) is 0.231. The Labute approximate surface area is 105 Å². The van der Waals surface area contributed by atoms with E-state index in [0.29, 0.717) is 5.56 Å². The Morgan fingerprint density at radius 1 is 1.35 bits per heavy atom. The van der Waals surface area contributed by atoms with Gasteiger partial charge in [0.05, 0.1) is 22.3 Å². The summed E-state index contributed by atoms with van der Waals surface area (Å²) >= 11 is 1.68. The molecule has 2 rings (SSSR count). The molecule has 0 spiro atoms. The molecule has 0 radical (unpaired) electrons. The molecular weight excluding hydrogens is 230 g/mol. The second kappa shape index (κ2) is 5.58. The van der Waals surface area contributed by atoms with E-state index in [1.807, 2.05) is 31.3 Å². The SMILES string of the molecule is CNCCc1nc(-c2ccc(C#N)cc2)cs1. The van der Waals surface area contributed by atoms with Crippen LogP contribution >= 0.6 is 11.3 Å². The van der Waals surface area contributed by atoms with Crippen LogP contribution in [0, 0.1) is 11.3 Å². The lowest BCUT2D eigenvalue weighted by Gasteiger charge is -1.96. The first-order chi connectivity index (χ1) is 8.33. The van der Waals surface area contributed by atoms with E-state index < -0.39 is 0 Å². The third kappa shape index (κ3) is 2.90. The van der Waals surface area contributed by atoms with Crippen LogP contribution < -0.4 is 5.32 Å². The predicted molar refractivity (Wildman–Crippen MR) is 69.9 cm³/mol. The highest BCUT2D eigenvalue weighted by Gasteiger charge is 2.04. The van der Waals surface area contributed by atoms with E-state index in [1.54, 1.807) is 11.3 Å². The molecule has 1 N–H and O–H groups in total. The molecule has 1 heterocycles. The van der Waals surface area contributed by atoms with Crippen LogP contribution in [0.15, 0.2) is 29.6 Å². The number of nitrogens with zero attached hydrogens (tertiary/aromatic N) is 2. The Morgan fingerprint density at radius 3 is 2.76 bits per heavy atom. The number of hydrogen-bond acceptors (Lipinski definition) is 4. The Bertz CT molecular complexity index is 522. The second-order valence-corrected chi connectivity index (χ2v) is 4.61. The minimum Gasteiger partial charge on any atom is -0.319 e. The quantitative estimate of drug-likeness (QED) is 0.897. The summed E-state index contributed by atoms with van der Waals surface area (Å²) in [6.07, 6.45) is 0.956.